The molecule has 1 N–H and O–H groups in total. The number of amides is 1. The van der Waals surface area contributed by atoms with Crippen LogP contribution >= 0.6 is 0 Å². The van der Waals surface area contributed by atoms with Gasteiger partial charge in [0.1, 0.15) is 5.69 Å². The van der Waals surface area contributed by atoms with Crippen LogP contribution < -0.4 is 5.56 Å². The molecule has 0 saturated carbocycles. The first kappa shape index (κ1) is 14.2. The maximum Gasteiger partial charge on any atom is 0.255 e. The number of pyridine rings is 1. The predicted octanol–water partition coefficient (Wildman–Crippen LogP) is 0.454. The summed E-state index contributed by atoms with van der Waals surface area (Å²) >= 11 is 0. The molecule has 3 aromatic rings. The third-order valence-corrected chi connectivity index (χ3v) is 3.78. The van der Waals surface area contributed by atoms with E-state index < -0.39 is 0 Å². The third-order valence-electron chi connectivity index (χ3n) is 3.78. The Balaban J connectivity index is 1.43. The van der Waals surface area contributed by atoms with Gasteiger partial charge in [0.05, 0.1) is 17.7 Å². The summed E-state index contributed by atoms with van der Waals surface area (Å²) in [6.45, 7) is 0.972. The topological polar surface area (TPSA) is 118 Å². The molecule has 4 heterocycles. The number of likely N-dealkylation sites (tertiary alicyclic amines) is 1. The number of nitrogens with zero attached hydrogens (tertiary/aromatic N) is 5. The van der Waals surface area contributed by atoms with Crippen molar-refractivity contribution < 1.29 is 9.32 Å². The minimum absolute atomic E-state index is 0.00497. The van der Waals surface area contributed by atoms with E-state index in [0.717, 1.165) is 0 Å². The Morgan fingerprint density at radius 1 is 1.29 bits per heavy atom. The van der Waals surface area contributed by atoms with Gasteiger partial charge in [0.15, 0.2) is 0 Å². The van der Waals surface area contributed by atoms with Crippen molar-refractivity contribution in [1.29, 1.82) is 0 Å². The van der Waals surface area contributed by atoms with Crippen molar-refractivity contribution in [2.75, 3.05) is 13.1 Å². The Labute approximate surface area is 135 Å². The zero-order chi connectivity index (χ0) is 16.5. The molecule has 0 unspecified atom stereocenters. The number of hydrogen-bond acceptors (Lipinski definition) is 7. The summed E-state index contributed by atoms with van der Waals surface area (Å²) in [5, 5.41) is 3.90. The van der Waals surface area contributed by atoms with Crippen molar-refractivity contribution in [3.63, 3.8) is 0 Å². The quantitative estimate of drug-likeness (QED) is 0.743. The van der Waals surface area contributed by atoms with Crippen LogP contribution in [0.2, 0.25) is 0 Å². The molecule has 1 aliphatic rings. The van der Waals surface area contributed by atoms with Crippen LogP contribution in [0.15, 0.2) is 46.2 Å². The number of hydrogen-bond donors (Lipinski definition) is 1. The van der Waals surface area contributed by atoms with E-state index in [-0.39, 0.29) is 17.4 Å². The molecule has 24 heavy (non-hydrogen) atoms. The van der Waals surface area contributed by atoms with E-state index in [1.807, 2.05) is 0 Å². The monoisotopic (exact) mass is 324 g/mol. The number of aromatic amines is 1. The van der Waals surface area contributed by atoms with E-state index in [1.165, 1.54) is 18.3 Å². The average molecular weight is 324 g/mol. The van der Waals surface area contributed by atoms with Crippen molar-refractivity contribution in [3.05, 3.63) is 58.7 Å². The first-order valence-corrected chi connectivity index (χ1v) is 7.29. The maximum atomic E-state index is 12.3. The van der Waals surface area contributed by atoms with Crippen molar-refractivity contribution in [3.8, 4) is 11.5 Å². The van der Waals surface area contributed by atoms with Crippen molar-refractivity contribution in [2.45, 2.75) is 5.92 Å². The molecule has 0 radical (unpaired) electrons. The number of carbonyl (C=O) groups excluding carboxylic acids is 1. The second-order valence-electron chi connectivity index (χ2n) is 5.40. The van der Waals surface area contributed by atoms with Crippen LogP contribution in [0.4, 0.5) is 0 Å². The van der Waals surface area contributed by atoms with Crippen molar-refractivity contribution in [1.82, 2.24) is 30.0 Å². The van der Waals surface area contributed by atoms with Crippen LogP contribution in [-0.2, 0) is 0 Å². The lowest BCUT2D eigenvalue weighted by molar-refractivity contribution is 0.0568. The highest BCUT2D eigenvalue weighted by atomic mass is 16.5. The Morgan fingerprint density at radius 3 is 2.88 bits per heavy atom. The van der Waals surface area contributed by atoms with Gasteiger partial charge in [-0.15, -0.1) is 0 Å². The highest BCUT2D eigenvalue weighted by Crippen LogP contribution is 2.28. The fourth-order valence-electron chi connectivity index (χ4n) is 2.45. The SMILES string of the molecule is O=C(c1ccc(=O)[nH]c1)N1CC(c2nc(-c3cnccn3)no2)C1. The lowest BCUT2D eigenvalue weighted by atomic mass is 9.99. The van der Waals surface area contributed by atoms with Crippen LogP contribution in [0.25, 0.3) is 11.5 Å². The van der Waals surface area contributed by atoms with Gasteiger partial charge in [0, 0.05) is 37.7 Å². The average Bonchev–Trinajstić information content (AvgIpc) is 3.04. The van der Waals surface area contributed by atoms with E-state index in [9.17, 15) is 9.59 Å². The van der Waals surface area contributed by atoms with E-state index in [0.29, 0.717) is 36.1 Å². The summed E-state index contributed by atoms with van der Waals surface area (Å²) in [7, 11) is 0. The van der Waals surface area contributed by atoms with E-state index >= 15 is 0 Å². The zero-order valence-electron chi connectivity index (χ0n) is 12.4. The molecule has 120 valence electrons. The lowest BCUT2D eigenvalue weighted by Crippen LogP contribution is -2.48. The van der Waals surface area contributed by atoms with Crippen LogP contribution in [0, 0.1) is 0 Å². The normalized spacial score (nSPS) is 14.4. The minimum Gasteiger partial charge on any atom is -0.338 e. The second-order valence-corrected chi connectivity index (χ2v) is 5.40. The fourth-order valence-corrected chi connectivity index (χ4v) is 2.45. The number of rotatable bonds is 3. The standard InChI is InChI=1S/C15H12N6O3/c22-12-2-1-9(5-18-12)15(23)21-7-10(8-21)14-19-13(20-24-14)11-6-16-3-4-17-11/h1-6,10H,7-8H2,(H,18,22). The summed E-state index contributed by atoms with van der Waals surface area (Å²) in [6.07, 6.45) is 6.09. The first-order chi connectivity index (χ1) is 11.7. The summed E-state index contributed by atoms with van der Waals surface area (Å²) in [4.78, 5) is 39.8. The molecule has 0 aliphatic carbocycles. The van der Waals surface area contributed by atoms with Crippen molar-refractivity contribution in [2.24, 2.45) is 0 Å². The highest BCUT2D eigenvalue weighted by Gasteiger charge is 2.36. The van der Waals surface area contributed by atoms with E-state index in [4.69, 9.17) is 4.52 Å². The van der Waals surface area contributed by atoms with E-state index in [2.05, 4.69) is 25.1 Å². The summed E-state index contributed by atoms with van der Waals surface area (Å²) < 4.78 is 5.26. The summed E-state index contributed by atoms with van der Waals surface area (Å²) in [6, 6.07) is 2.84. The van der Waals surface area contributed by atoms with Gasteiger partial charge in [-0.25, -0.2) is 4.98 Å². The van der Waals surface area contributed by atoms with Crippen molar-refractivity contribution >= 4 is 5.91 Å². The first-order valence-electron chi connectivity index (χ1n) is 7.29. The second kappa shape index (κ2) is 5.69. The summed E-state index contributed by atoms with van der Waals surface area (Å²) in [5.74, 6) is 0.704. The Kier molecular flexibility index (Phi) is 3.38. The van der Waals surface area contributed by atoms with Crippen LogP contribution in [0.1, 0.15) is 22.2 Å². The smallest absolute Gasteiger partial charge is 0.255 e. The Hall–Kier alpha value is -3.36. The number of aromatic nitrogens is 5. The number of carbonyl (C=O) groups is 1. The van der Waals surface area contributed by atoms with Gasteiger partial charge in [-0.2, -0.15) is 4.98 Å². The van der Waals surface area contributed by atoms with Crippen LogP contribution in [0.5, 0.6) is 0 Å². The largest absolute Gasteiger partial charge is 0.338 e. The zero-order valence-corrected chi connectivity index (χ0v) is 12.4. The molecule has 4 rings (SSSR count). The molecule has 0 aromatic carbocycles. The van der Waals surface area contributed by atoms with Gasteiger partial charge in [-0.05, 0) is 6.07 Å². The summed E-state index contributed by atoms with van der Waals surface area (Å²) in [5.41, 5.74) is 0.738. The molecule has 1 amide bonds. The molecule has 9 nitrogen and oxygen atoms in total. The van der Waals surface area contributed by atoms with Gasteiger partial charge >= 0.3 is 0 Å². The number of H-pyrrole nitrogens is 1. The van der Waals surface area contributed by atoms with Crippen LogP contribution in [0.3, 0.4) is 0 Å². The number of nitrogens with one attached hydrogen (secondary N) is 1. The molecule has 1 aliphatic heterocycles. The van der Waals surface area contributed by atoms with Gasteiger partial charge in [0.25, 0.3) is 5.91 Å². The molecule has 1 saturated heterocycles. The van der Waals surface area contributed by atoms with E-state index in [1.54, 1.807) is 23.5 Å². The lowest BCUT2D eigenvalue weighted by Gasteiger charge is -2.37. The van der Waals surface area contributed by atoms with Crippen LogP contribution in [-0.4, -0.2) is 49.0 Å². The molecular formula is C15H12N6O3. The highest BCUT2D eigenvalue weighted by molar-refractivity contribution is 5.94. The fraction of sp³-hybridized carbons (Fsp3) is 0.200. The van der Waals surface area contributed by atoms with Gasteiger partial charge in [-0.1, -0.05) is 5.16 Å². The minimum atomic E-state index is -0.240. The molecule has 0 spiro atoms. The van der Waals surface area contributed by atoms with Gasteiger partial charge in [-0.3, -0.25) is 14.6 Å². The molecular weight excluding hydrogens is 312 g/mol. The molecule has 0 atom stereocenters. The molecule has 9 heteroatoms. The van der Waals surface area contributed by atoms with Gasteiger partial charge in [0.2, 0.25) is 17.3 Å². The Morgan fingerprint density at radius 2 is 2.17 bits per heavy atom. The maximum absolute atomic E-state index is 12.3. The van der Waals surface area contributed by atoms with Gasteiger partial charge < -0.3 is 14.4 Å². The molecule has 3 aromatic heterocycles. The molecule has 0 bridgehead atoms. The predicted molar refractivity (Wildman–Crippen MR) is 81.0 cm³/mol. The molecule has 1 fully saturated rings. The Bertz CT molecular complexity index is 909. The third kappa shape index (κ3) is 2.56.